The smallest absolute Gasteiger partial charge is 0.237 e. The first-order chi connectivity index (χ1) is 12.0. The van der Waals surface area contributed by atoms with Gasteiger partial charge in [-0.15, -0.1) is 0 Å². The number of hydrogen-bond acceptors (Lipinski definition) is 5. The molecule has 0 saturated carbocycles. The molecule has 0 spiro atoms. The van der Waals surface area contributed by atoms with Gasteiger partial charge in [0.1, 0.15) is 17.4 Å². The number of likely N-dealkylation sites (tertiary alicyclic amines) is 1. The normalized spacial score (nSPS) is 19.7. The van der Waals surface area contributed by atoms with Crippen molar-refractivity contribution in [2.75, 3.05) is 6.54 Å². The second-order valence-corrected chi connectivity index (χ2v) is 6.75. The van der Waals surface area contributed by atoms with E-state index in [9.17, 15) is 4.79 Å². The van der Waals surface area contributed by atoms with Crippen LogP contribution in [-0.4, -0.2) is 44.2 Å². The van der Waals surface area contributed by atoms with Crippen molar-refractivity contribution in [3.63, 3.8) is 0 Å². The number of hydrogen-bond donors (Lipinski definition) is 1. The van der Waals surface area contributed by atoms with E-state index >= 15 is 0 Å². The number of aryl methyl sites for hydroxylation is 2. The molecule has 7 nitrogen and oxygen atoms in total. The Hall–Kier alpha value is -2.15. The van der Waals surface area contributed by atoms with Gasteiger partial charge in [-0.05, 0) is 52.3 Å². The van der Waals surface area contributed by atoms with Crippen molar-refractivity contribution >= 4 is 5.91 Å². The SMILES string of the molecule is Cc1nc(C)n(C[C@@H]2CCCCN2[C@@H](C)C(=O)NCc2ccco2)n1. The van der Waals surface area contributed by atoms with Gasteiger partial charge in [0, 0.05) is 6.04 Å². The lowest BCUT2D eigenvalue weighted by molar-refractivity contribution is -0.127. The van der Waals surface area contributed by atoms with Crippen LogP contribution >= 0.6 is 0 Å². The summed E-state index contributed by atoms with van der Waals surface area (Å²) in [6.45, 7) is 8.01. The summed E-state index contributed by atoms with van der Waals surface area (Å²) in [5, 5.41) is 7.45. The van der Waals surface area contributed by atoms with Gasteiger partial charge in [-0.25, -0.2) is 9.67 Å². The molecule has 2 aromatic heterocycles. The zero-order valence-electron chi connectivity index (χ0n) is 15.2. The van der Waals surface area contributed by atoms with E-state index in [0.717, 1.165) is 43.3 Å². The van der Waals surface area contributed by atoms with Crippen molar-refractivity contribution in [2.24, 2.45) is 0 Å². The van der Waals surface area contributed by atoms with Crippen molar-refractivity contribution in [1.29, 1.82) is 0 Å². The van der Waals surface area contributed by atoms with E-state index < -0.39 is 0 Å². The van der Waals surface area contributed by atoms with Crippen LogP contribution in [-0.2, 0) is 17.9 Å². The quantitative estimate of drug-likeness (QED) is 0.867. The van der Waals surface area contributed by atoms with Crippen LogP contribution in [0.25, 0.3) is 0 Å². The highest BCUT2D eigenvalue weighted by molar-refractivity contribution is 5.81. The Morgan fingerprint density at radius 3 is 2.96 bits per heavy atom. The summed E-state index contributed by atoms with van der Waals surface area (Å²) in [6.07, 6.45) is 5.01. The molecule has 2 aromatic rings. The number of carbonyl (C=O) groups excluding carboxylic acids is 1. The predicted octanol–water partition coefficient (Wildman–Crippen LogP) is 2.05. The number of aromatic nitrogens is 3. The predicted molar refractivity (Wildman–Crippen MR) is 93.9 cm³/mol. The van der Waals surface area contributed by atoms with Gasteiger partial charge >= 0.3 is 0 Å². The highest BCUT2D eigenvalue weighted by Crippen LogP contribution is 2.21. The van der Waals surface area contributed by atoms with Crippen LogP contribution in [0.2, 0.25) is 0 Å². The molecule has 1 aliphatic rings. The molecule has 3 heterocycles. The van der Waals surface area contributed by atoms with Gasteiger partial charge in [-0.3, -0.25) is 9.69 Å². The number of nitrogens with one attached hydrogen (secondary N) is 1. The Morgan fingerprint density at radius 1 is 1.44 bits per heavy atom. The van der Waals surface area contributed by atoms with E-state index in [1.54, 1.807) is 6.26 Å². The lowest BCUT2D eigenvalue weighted by Crippen LogP contribution is -2.52. The fourth-order valence-electron chi connectivity index (χ4n) is 3.55. The van der Waals surface area contributed by atoms with Crippen LogP contribution in [0.3, 0.4) is 0 Å². The molecule has 1 amide bonds. The molecule has 1 fully saturated rings. The first-order valence-corrected chi connectivity index (χ1v) is 8.98. The van der Waals surface area contributed by atoms with E-state index in [1.165, 1.54) is 6.42 Å². The molecule has 25 heavy (non-hydrogen) atoms. The number of nitrogens with zero attached hydrogens (tertiary/aromatic N) is 4. The van der Waals surface area contributed by atoms with Gasteiger partial charge in [0.15, 0.2) is 0 Å². The number of amides is 1. The summed E-state index contributed by atoms with van der Waals surface area (Å²) < 4.78 is 7.24. The Morgan fingerprint density at radius 2 is 2.28 bits per heavy atom. The van der Waals surface area contributed by atoms with Gasteiger partial charge in [0.05, 0.1) is 25.4 Å². The first-order valence-electron chi connectivity index (χ1n) is 8.98. The molecule has 0 radical (unpaired) electrons. The molecule has 0 aliphatic carbocycles. The summed E-state index contributed by atoms with van der Waals surface area (Å²) in [6, 6.07) is 3.82. The third kappa shape index (κ3) is 4.28. The minimum absolute atomic E-state index is 0.0368. The van der Waals surface area contributed by atoms with E-state index in [-0.39, 0.29) is 11.9 Å². The maximum atomic E-state index is 12.6. The molecule has 0 aromatic carbocycles. The molecular formula is C18H27N5O2. The highest BCUT2D eigenvalue weighted by atomic mass is 16.3. The van der Waals surface area contributed by atoms with E-state index in [4.69, 9.17) is 4.42 Å². The van der Waals surface area contributed by atoms with Crippen molar-refractivity contribution in [1.82, 2.24) is 25.0 Å². The largest absolute Gasteiger partial charge is 0.467 e. The van der Waals surface area contributed by atoms with Gasteiger partial charge in [-0.1, -0.05) is 6.42 Å². The van der Waals surface area contributed by atoms with Gasteiger partial charge in [0.25, 0.3) is 0 Å². The summed E-state index contributed by atoms with van der Waals surface area (Å²) >= 11 is 0. The van der Waals surface area contributed by atoms with Crippen LogP contribution in [0.1, 0.15) is 43.6 Å². The highest BCUT2D eigenvalue weighted by Gasteiger charge is 2.31. The van der Waals surface area contributed by atoms with Crippen LogP contribution in [0.5, 0.6) is 0 Å². The maximum absolute atomic E-state index is 12.6. The standard InChI is InChI=1S/C18H27N5O2/c1-13(18(24)19-11-17-8-6-10-25-17)22-9-5-4-7-16(22)12-23-15(3)20-14(2)21-23/h6,8,10,13,16H,4-5,7,9,11-12H2,1-3H3,(H,19,24)/t13-,16-/m0/s1. The summed E-state index contributed by atoms with van der Waals surface area (Å²) in [5.74, 6) is 2.53. The van der Waals surface area contributed by atoms with Crippen LogP contribution in [0, 0.1) is 13.8 Å². The van der Waals surface area contributed by atoms with Crippen LogP contribution < -0.4 is 5.32 Å². The Labute approximate surface area is 148 Å². The molecule has 0 bridgehead atoms. The van der Waals surface area contributed by atoms with Crippen molar-refractivity contribution in [2.45, 2.75) is 65.2 Å². The van der Waals surface area contributed by atoms with Crippen molar-refractivity contribution in [3.05, 3.63) is 35.8 Å². The monoisotopic (exact) mass is 345 g/mol. The average molecular weight is 345 g/mol. The molecule has 1 N–H and O–H groups in total. The molecule has 2 atom stereocenters. The maximum Gasteiger partial charge on any atom is 0.237 e. The number of rotatable bonds is 6. The Bertz CT molecular complexity index is 694. The summed E-state index contributed by atoms with van der Waals surface area (Å²) in [4.78, 5) is 19.3. The molecule has 3 rings (SSSR count). The summed E-state index contributed by atoms with van der Waals surface area (Å²) in [5.41, 5.74) is 0. The second kappa shape index (κ2) is 7.82. The third-order valence-corrected chi connectivity index (χ3v) is 4.91. The van der Waals surface area contributed by atoms with Crippen molar-refractivity contribution < 1.29 is 9.21 Å². The van der Waals surface area contributed by atoms with Gasteiger partial charge < -0.3 is 9.73 Å². The number of piperidine rings is 1. The minimum Gasteiger partial charge on any atom is -0.467 e. The molecular weight excluding hydrogens is 318 g/mol. The number of carbonyl (C=O) groups is 1. The molecule has 7 heteroatoms. The minimum atomic E-state index is -0.176. The lowest BCUT2D eigenvalue weighted by Gasteiger charge is -2.39. The third-order valence-electron chi connectivity index (χ3n) is 4.91. The van der Waals surface area contributed by atoms with Crippen molar-refractivity contribution in [3.8, 4) is 0 Å². The van der Waals surface area contributed by atoms with Crippen LogP contribution in [0.4, 0.5) is 0 Å². The number of furan rings is 1. The molecule has 1 saturated heterocycles. The topological polar surface area (TPSA) is 76.2 Å². The fraction of sp³-hybridized carbons (Fsp3) is 0.611. The molecule has 1 aliphatic heterocycles. The molecule has 0 unspecified atom stereocenters. The summed E-state index contributed by atoms with van der Waals surface area (Å²) in [7, 11) is 0. The molecule has 136 valence electrons. The zero-order chi connectivity index (χ0) is 17.8. The average Bonchev–Trinajstić information content (AvgIpc) is 3.22. The van der Waals surface area contributed by atoms with E-state index in [2.05, 4.69) is 20.3 Å². The van der Waals surface area contributed by atoms with Gasteiger partial charge in [-0.2, -0.15) is 5.10 Å². The van der Waals surface area contributed by atoms with Gasteiger partial charge in [0.2, 0.25) is 5.91 Å². The zero-order valence-corrected chi connectivity index (χ0v) is 15.2. The Kier molecular flexibility index (Phi) is 5.53. The second-order valence-electron chi connectivity index (χ2n) is 6.75. The fourth-order valence-corrected chi connectivity index (χ4v) is 3.55. The van der Waals surface area contributed by atoms with E-state index in [0.29, 0.717) is 12.6 Å². The van der Waals surface area contributed by atoms with E-state index in [1.807, 2.05) is 37.6 Å². The lowest BCUT2D eigenvalue weighted by atomic mass is 9.99. The Balaban J connectivity index is 1.62. The first kappa shape index (κ1) is 17.7. The van der Waals surface area contributed by atoms with Crippen LogP contribution in [0.15, 0.2) is 22.8 Å².